The summed E-state index contributed by atoms with van der Waals surface area (Å²) in [6, 6.07) is 5.80. The van der Waals surface area contributed by atoms with E-state index in [4.69, 9.17) is 4.74 Å². The number of ether oxygens (including phenoxy) is 1. The number of nitrogens with one attached hydrogen (secondary N) is 2. The minimum atomic E-state index is 0.221. The Kier molecular flexibility index (Phi) is 3.97. The standard InChI is InChI=1S/C17H22N2O2/c1-12-4-3-7-19(10-12)11-17(20)15-9-18-16-6-5-13(21-2)8-14(15)16/h5-6,8-9,12,18H,3-4,7,10-11H2,1-2H3/p+1/t12-/m0/s1. The Labute approximate surface area is 125 Å². The molecule has 4 nitrogen and oxygen atoms in total. The average Bonchev–Trinajstić information content (AvgIpc) is 2.90. The van der Waals surface area contributed by atoms with Crippen LogP contribution in [0.4, 0.5) is 0 Å². The van der Waals surface area contributed by atoms with Crippen LogP contribution in [-0.4, -0.2) is 37.5 Å². The van der Waals surface area contributed by atoms with Crippen molar-refractivity contribution >= 4 is 16.7 Å². The van der Waals surface area contributed by atoms with Crippen molar-refractivity contribution in [2.24, 2.45) is 5.92 Å². The highest BCUT2D eigenvalue weighted by Crippen LogP contribution is 2.23. The third-order valence-corrected chi connectivity index (χ3v) is 4.46. The summed E-state index contributed by atoms with van der Waals surface area (Å²) in [6.07, 6.45) is 4.35. The molecule has 0 spiro atoms. The van der Waals surface area contributed by atoms with Gasteiger partial charge in [-0.25, -0.2) is 0 Å². The van der Waals surface area contributed by atoms with Gasteiger partial charge in [0.05, 0.1) is 20.2 Å². The van der Waals surface area contributed by atoms with Crippen molar-refractivity contribution in [2.45, 2.75) is 19.8 Å². The number of aromatic nitrogens is 1. The maximum Gasteiger partial charge on any atom is 0.219 e. The Morgan fingerprint density at radius 3 is 3.10 bits per heavy atom. The maximum atomic E-state index is 12.6. The Morgan fingerprint density at radius 1 is 1.48 bits per heavy atom. The number of fused-ring (bicyclic) bond motifs is 1. The van der Waals surface area contributed by atoms with Crippen LogP contribution in [0.3, 0.4) is 0 Å². The van der Waals surface area contributed by atoms with Crippen molar-refractivity contribution in [3.8, 4) is 5.75 Å². The van der Waals surface area contributed by atoms with Crippen LogP contribution in [0.1, 0.15) is 30.1 Å². The van der Waals surface area contributed by atoms with Gasteiger partial charge in [0.2, 0.25) is 5.78 Å². The lowest BCUT2D eigenvalue weighted by molar-refractivity contribution is -0.900. The number of piperidine rings is 1. The van der Waals surface area contributed by atoms with Crippen molar-refractivity contribution < 1.29 is 14.4 Å². The first kappa shape index (κ1) is 14.1. The van der Waals surface area contributed by atoms with Gasteiger partial charge in [0.25, 0.3) is 0 Å². The van der Waals surface area contributed by atoms with Gasteiger partial charge in [-0.3, -0.25) is 4.79 Å². The van der Waals surface area contributed by atoms with Crippen LogP contribution in [0.2, 0.25) is 0 Å². The number of H-pyrrole nitrogens is 1. The maximum absolute atomic E-state index is 12.6. The number of carbonyl (C=O) groups excluding carboxylic acids is 1. The van der Waals surface area contributed by atoms with E-state index in [-0.39, 0.29) is 5.78 Å². The Morgan fingerprint density at radius 2 is 2.33 bits per heavy atom. The van der Waals surface area contributed by atoms with Crippen molar-refractivity contribution in [3.63, 3.8) is 0 Å². The van der Waals surface area contributed by atoms with Gasteiger partial charge in [-0.1, -0.05) is 6.92 Å². The lowest BCUT2D eigenvalue weighted by Gasteiger charge is -2.27. The minimum absolute atomic E-state index is 0.221. The van der Waals surface area contributed by atoms with Crippen molar-refractivity contribution in [2.75, 3.05) is 26.7 Å². The molecule has 1 fully saturated rings. The van der Waals surface area contributed by atoms with Crippen LogP contribution >= 0.6 is 0 Å². The third-order valence-electron chi connectivity index (χ3n) is 4.46. The summed E-state index contributed by atoms with van der Waals surface area (Å²) >= 11 is 0. The molecule has 112 valence electrons. The summed E-state index contributed by atoms with van der Waals surface area (Å²) in [6.45, 7) is 5.09. The summed E-state index contributed by atoms with van der Waals surface area (Å²) in [4.78, 5) is 17.2. The van der Waals surface area contributed by atoms with Gasteiger partial charge in [0.15, 0.2) is 0 Å². The molecule has 1 unspecified atom stereocenters. The lowest BCUT2D eigenvalue weighted by atomic mass is 9.99. The number of Topliss-reactive ketones (excluding diaryl/α,β-unsaturated/α-hetero) is 1. The SMILES string of the molecule is COc1ccc2[nH]cc(C(=O)C[NH+]3CCC[C@H](C)C3)c2c1. The molecular formula is C17H23N2O2+. The fourth-order valence-electron chi connectivity index (χ4n) is 3.34. The van der Waals surface area contributed by atoms with Gasteiger partial charge in [0.1, 0.15) is 12.3 Å². The molecule has 1 aromatic carbocycles. The van der Waals surface area contributed by atoms with Crippen LogP contribution in [-0.2, 0) is 0 Å². The normalized spacial score (nSPS) is 22.4. The zero-order chi connectivity index (χ0) is 14.8. The topological polar surface area (TPSA) is 46.5 Å². The second kappa shape index (κ2) is 5.90. The third kappa shape index (κ3) is 2.95. The number of benzene rings is 1. The van der Waals surface area contributed by atoms with Crippen LogP contribution in [0.5, 0.6) is 5.75 Å². The fourth-order valence-corrected chi connectivity index (χ4v) is 3.34. The second-order valence-corrected chi connectivity index (χ2v) is 6.17. The van der Waals surface area contributed by atoms with Crippen LogP contribution in [0, 0.1) is 5.92 Å². The highest BCUT2D eigenvalue weighted by Gasteiger charge is 2.23. The van der Waals surface area contributed by atoms with Gasteiger partial charge >= 0.3 is 0 Å². The molecule has 1 saturated heterocycles. The number of rotatable bonds is 4. The van der Waals surface area contributed by atoms with Gasteiger partial charge in [-0.15, -0.1) is 0 Å². The zero-order valence-corrected chi connectivity index (χ0v) is 12.7. The highest BCUT2D eigenvalue weighted by atomic mass is 16.5. The molecule has 1 aliphatic rings. The van der Waals surface area contributed by atoms with Crippen molar-refractivity contribution in [1.29, 1.82) is 0 Å². The van der Waals surface area contributed by atoms with Gasteiger partial charge < -0.3 is 14.6 Å². The molecule has 0 bridgehead atoms. The quantitative estimate of drug-likeness (QED) is 0.840. The molecule has 1 aliphatic heterocycles. The predicted octanol–water partition coefficient (Wildman–Crippen LogP) is 1.67. The predicted molar refractivity (Wildman–Crippen MR) is 83.1 cm³/mol. The molecule has 21 heavy (non-hydrogen) atoms. The number of quaternary nitrogens is 1. The van der Waals surface area contributed by atoms with E-state index in [1.54, 1.807) is 7.11 Å². The molecule has 2 N–H and O–H groups in total. The molecule has 2 heterocycles. The highest BCUT2D eigenvalue weighted by molar-refractivity contribution is 6.08. The largest absolute Gasteiger partial charge is 0.497 e. The molecule has 4 heteroatoms. The molecule has 2 atom stereocenters. The summed E-state index contributed by atoms with van der Waals surface area (Å²) in [5.41, 5.74) is 1.77. The molecule has 3 rings (SSSR count). The summed E-state index contributed by atoms with van der Waals surface area (Å²) < 4.78 is 5.26. The number of likely N-dealkylation sites (tertiary alicyclic amines) is 1. The van der Waals surface area contributed by atoms with E-state index in [2.05, 4.69) is 11.9 Å². The Balaban J connectivity index is 1.80. The monoisotopic (exact) mass is 287 g/mol. The number of methoxy groups -OCH3 is 1. The van der Waals surface area contributed by atoms with E-state index >= 15 is 0 Å². The summed E-state index contributed by atoms with van der Waals surface area (Å²) in [7, 11) is 1.65. The first-order valence-electron chi connectivity index (χ1n) is 7.69. The molecule has 0 aliphatic carbocycles. The summed E-state index contributed by atoms with van der Waals surface area (Å²) in [5, 5.41) is 0.962. The van der Waals surface area contributed by atoms with E-state index < -0.39 is 0 Å². The lowest BCUT2D eigenvalue weighted by Crippen LogP contribution is -3.14. The average molecular weight is 287 g/mol. The van der Waals surface area contributed by atoms with Gasteiger partial charge in [-0.05, 0) is 31.0 Å². The number of aromatic amines is 1. The number of carbonyl (C=O) groups is 1. The molecule has 2 aromatic rings. The first-order valence-corrected chi connectivity index (χ1v) is 7.69. The fraction of sp³-hybridized carbons (Fsp3) is 0.471. The van der Waals surface area contributed by atoms with Crippen molar-refractivity contribution in [1.82, 2.24) is 4.98 Å². The van der Waals surface area contributed by atoms with Crippen LogP contribution < -0.4 is 9.64 Å². The van der Waals surface area contributed by atoms with E-state index in [1.165, 1.54) is 17.7 Å². The number of hydrogen-bond acceptors (Lipinski definition) is 2. The number of hydrogen-bond donors (Lipinski definition) is 2. The number of ketones is 1. The van der Waals surface area contributed by atoms with Crippen LogP contribution in [0.25, 0.3) is 10.9 Å². The van der Waals surface area contributed by atoms with E-state index in [9.17, 15) is 4.79 Å². The Hall–Kier alpha value is -1.81. The molecular weight excluding hydrogens is 264 g/mol. The van der Waals surface area contributed by atoms with Gasteiger partial charge in [0, 0.05) is 28.6 Å². The van der Waals surface area contributed by atoms with Crippen LogP contribution in [0.15, 0.2) is 24.4 Å². The zero-order valence-electron chi connectivity index (χ0n) is 12.7. The summed E-state index contributed by atoms with van der Waals surface area (Å²) in [5.74, 6) is 1.73. The molecule has 0 saturated carbocycles. The van der Waals surface area contributed by atoms with Crippen molar-refractivity contribution in [3.05, 3.63) is 30.0 Å². The second-order valence-electron chi connectivity index (χ2n) is 6.17. The smallest absolute Gasteiger partial charge is 0.219 e. The van der Waals surface area contributed by atoms with E-state index in [0.29, 0.717) is 6.54 Å². The molecule has 0 amide bonds. The van der Waals surface area contributed by atoms with E-state index in [1.807, 2.05) is 24.4 Å². The first-order chi connectivity index (χ1) is 10.2. The minimum Gasteiger partial charge on any atom is -0.497 e. The van der Waals surface area contributed by atoms with Gasteiger partial charge in [-0.2, -0.15) is 0 Å². The molecule has 1 aromatic heterocycles. The Bertz CT molecular complexity index is 647. The molecule has 0 radical (unpaired) electrons. The van der Waals surface area contributed by atoms with E-state index in [0.717, 1.165) is 41.2 Å².